The van der Waals surface area contributed by atoms with E-state index >= 15 is 0 Å². The molecule has 132 valence electrons. The first-order valence-electron chi connectivity index (χ1n) is 8.61. The highest BCUT2D eigenvalue weighted by Crippen LogP contribution is 2.31. The number of likely N-dealkylation sites (tertiary alicyclic amines) is 1. The Hall–Kier alpha value is -2.39. The zero-order valence-electron chi connectivity index (χ0n) is 15.0. The maximum atomic E-state index is 12.4. The van der Waals surface area contributed by atoms with Crippen LogP contribution in [0, 0.1) is 11.3 Å². The molecule has 0 saturated carbocycles. The summed E-state index contributed by atoms with van der Waals surface area (Å²) >= 11 is 0. The molecule has 0 atom stereocenters. The second-order valence-electron chi connectivity index (χ2n) is 7.55. The number of hydrogen-bond donors (Lipinski definition) is 1. The van der Waals surface area contributed by atoms with Crippen LogP contribution in [0.5, 0.6) is 0 Å². The lowest BCUT2D eigenvalue weighted by Crippen LogP contribution is -2.54. The maximum absolute atomic E-state index is 12.4. The number of amides is 3. The van der Waals surface area contributed by atoms with Gasteiger partial charge in [-0.2, -0.15) is 5.26 Å². The van der Waals surface area contributed by atoms with Crippen LogP contribution in [-0.4, -0.2) is 47.4 Å². The predicted octanol–water partition coefficient (Wildman–Crippen LogP) is 2.00. The molecule has 6 nitrogen and oxygen atoms in total. The molecule has 2 fully saturated rings. The summed E-state index contributed by atoms with van der Waals surface area (Å²) in [6.07, 6.45) is 1.23. The van der Waals surface area contributed by atoms with Crippen LogP contribution in [0.3, 0.4) is 0 Å². The Morgan fingerprint density at radius 3 is 2.44 bits per heavy atom. The molecule has 0 bridgehead atoms. The molecule has 2 saturated heterocycles. The molecule has 6 heteroatoms. The minimum atomic E-state index is -0.728. The first kappa shape index (κ1) is 17.4. The summed E-state index contributed by atoms with van der Waals surface area (Å²) in [7, 11) is 1.53. The summed E-state index contributed by atoms with van der Waals surface area (Å²) < 4.78 is 0. The summed E-state index contributed by atoms with van der Waals surface area (Å²) in [6.45, 7) is 6.08. The van der Waals surface area contributed by atoms with Crippen LogP contribution in [0.15, 0.2) is 24.3 Å². The Balaban J connectivity index is 1.71. The maximum Gasteiger partial charge on any atom is 0.324 e. The number of piperidine rings is 1. The van der Waals surface area contributed by atoms with Crippen LogP contribution >= 0.6 is 0 Å². The smallest absolute Gasteiger partial charge is 0.323 e. The summed E-state index contributed by atoms with van der Waals surface area (Å²) in [6, 6.07) is 10.1. The summed E-state index contributed by atoms with van der Waals surface area (Å²) in [5.41, 5.74) is 0.922. The minimum Gasteiger partial charge on any atom is -0.323 e. The van der Waals surface area contributed by atoms with E-state index in [0.29, 0.717) is 12.8 Å². The lowest BCUT2D eigenvalue weighted by Gasteiger charge is -2.37. The molecule has 2 aliphatic rings. The third-order valence-electron chi connectivity index (χ3n) is 5.44. The normalized spacial score (nSPS) is 20.6. The summed E-state index contributed by atoms with van der Waals surface area (Å²) in [5.74, 6) is -0.122. The highest BCUT2D eigenvalue weighted by Gasteiger charge is 2.50. The van der Waals surface area contributed by atoms with Crippen molar-refractivity contribution in [3.05, 3.63) is 35.4 Å². The van der Waals surface area contributed by atoms with Gasteiger partial charge in [0.05, 0.1) is 11.5 Å². The number of urea groups is 1. The van der Waals surface area contributed by atoms with E-state index in [4.69, 9.17) is 0 Å². The molecular weight excluding hydrogens is 316 g/mol. The second-order valence-corrected chi connectivity index (χ2v) is 7.55. The Morgan fingerprint density at radius 2 is 1.88 bits per heavy atom. The van der Waals surface area contributed by atoms with Crippen molar-refractivity contribution in [3.8, 4) is 6.07 Å². The fourth-order valence-corrected chi connectivity index (χ4v) is 3.76. The standard InChI is InChI=1S/C19H24N4O2/c1-18(2,13-20)15-7-5-4-6-14(15)12-23-10-8-19(9-11-23)16(24)22(3)17(25)21-19/h4-7H,8-12H2,1-3H3,(H,21,25). The quantitative estimate of drug-likeness (QED) is 0.854. The number of nitriles is 1. The van der Waals surface area contributed by atoms with Gasteiger partial charge < -0.3 is 5.32 Å². The van der Waals surface area contributed by atoms with Crippen molar-refractivity contribution in [3.63, 3.8) is 0 Å². The van der Waals surface area contributed by atoms with Gasteiger partial charge in [0.2, 0.25) is 0 Å². The zero-order valence-corrected chi connectivity index (χ0v) is 15.0. The average molecular weight is 340 g/mol. The van der Waals surface area contributed by atoms with Crippen molar-refractivity contribution < 1.29 is 9.59 Å². The van der Waals surface area contributed by atoms with Crippen molar-refractivity contribution >= 4 is 11.9 Å². The van der Waals surface area contributed by atoms with Crippen LogP contribution in [0.2, 0.25) is 0 Å². The molecule has 25 heavy (non-hydrogen) atoms. The van der Waals surface area contributed by atoms with Crippen molar-refractivity contribution in [1.82, 2.24) is 15.1 Å². The van der Waals surface area contributed by atoms with E-state index < -0.39 is 11.0 Å². The highest BCUT2D eigenvalue weighted by molar-refractivity contribution is 6.06. The first-order chi connectivity index (χ1) is 11.8. The number of carbonyl (C=O) groups is 2. The van der Waals surface area contributed by atoms with Gasteiger partial charge in [-0.25, -0.2) is 4.79 Å². The van der Waals surface area contributed by atoms with Crippen LogP contribution in [0.1, 0.15) is 37.8 Å². The van der Waals surface area contributed by atoms with Gasteiger partial charge in [0.15, 0.2) is 0 Å². The Labute approximate surface area is 148 Å². The molecule has 1 aromatic rings. The molecule has 0 aliphatic carbocycles. The van der Waals surface area contributed by atoms with Gasteiger partial charge in [0, 0.05) is 26.7 Å². The van der Waals surface area contributed by atoms with Crippen molar-refractivity contribution in [2.24, 2.45) is 0 Å². The molecule has 3 rings (SSSR count). The molecule has 2 aliphatic heterocycles. The second kappa shape index (κ2) is 6.16. The minimum absolute atomic E-state index is 0.122. The van der Waals surface area contributed by atoms with Gasteiger partial charge in [-0.05, 0) is 37.8 Å². The fraction of sp³-hybridized carbons (Fsp3) is 0.526. The van der Waals surface area contributed by atoms with E-state index in [2.05, 4.69) is 22.4 Å². The third kappa shape index (κ3) is 3.00. The molecule has 1 aromatic carbocycles. The SMILES string of the molecule is CN1C(=O)NC2(CCN(Cc3ccccc3C(C)(C)C#N)CC2)C1=O. The number of rotatable bonds is 3. The predicted molar refractivity (Wildman–Crippen MR) is 93.6 cm³/mol. The van der Waals surface area contributed by atoms with Crippen LogP contribution in [-0.2, 0) is 16.8 Å². The summed E-state index contributed by atoms with van der Waals surface area (Å²) in [5, 5.41) is 12.3. The number of imide groups is 1. The Morgan fingerprint density at radius 1 is 1.24 bits per heavy atom. The van der Waals surface area contributed by atoms with Gasteiger partial charge in [-0.3, -0.25) is 14.6 Å². The Kier molecular flexibility index (Phi) is 4.29. The van der Waals surface area contributed by atoms with E-state index in [9.17, 15) is 14.9 Å². The largest absolute Gasteiger partial charge is 0.324 e. The van der Waals surface area contributed by atoms with Crippen LogP contribution in [0.4, 0.5) is 4.79 Å². The van der Waals surface area contributed by atoms with Gasteiger partial charge in [0.1, 0.15) is 5.54 Å². The van der Waals surface area contributed by atoms with E-state index in [-0.39, 0.29) is 11.9 Å². The zero-order chi connectivity index (χ0) is 18.2. The van der Waals surface area contributed by atoms with Crippen LogP contribution in [0.25, 0.3) is 0 Å². The van der Waals surface area contributed by atoms with E-state index in [0.717, 1.165) is 30.8 Å². The summed E-state index contributed by atoms with van der Waals surface area (Å²) in [4.78, 5) is 27.6. The molecule has 1 spiro atoms. The van der Waals surface area contributed by atoms with E-state index in [1.165, 1.54) is 11.9 Å². The van der Waals surface area contributed by atoms with Gasteiger partial charge in [0.25, 0.3) is 5.91 Å². The van der Waals surface area contributed by atoms with E-state index in [1.807, 2.05) is 32.0 Å². The number of benzene rings is 1. The monoisotopic (exact) mass is 340 g/mol. The Bertz CT molecular complexity index is 742. The molecule has 3 amide bonds. The molecule has 0 aromatic heterocycles. The van der Waals surface area contributed by atoms with Gasteiger partial charge in [-0.15, -0.1) is 0 Å². The average Bonchev–Trinajstić information content (AvgIpc) is 2.81. The number of nitrogens with zero attached hydrogens (tertiary/aromatic N) is 3. The topological polar surface area (TPSA) is 76.4 Å². The lowest BCUT2D eigenvalue weighted by atomic mass is 9.82. The van der Waals surface area contributed by atoms with Gasteiger partial charge >= 0.3 is 6.03 Å². The molecule has 1 N–H and O–H groups in total. The molecule has 0 unspecified atom stereocenters. The first-order valence-corrected chi connectivity index (χ1v) is 8.61. The number of nitrogens with one attached hydrogen (secondary N) is 1. The highest BCUT2D eigenvalue weighted by atomic mass is 16.2. The molecule has 0 radical (unpaired) electrons. The van der Waals surface area contributed by atoms with Crippen molar-refractivity contribution in [2.75, 3.05) is 20.1 Å². The number of carbonyl (C=O) groups excluding carboxylic acids is 2. The molecular formula is C19H24N4O2. The number of likely N-dealkylation sites (N-methyl/N-ethyl adjacent to an activating group) is 1. The molecule has 2 heterocycles. The van der Waals surface area contributed by atoms with Gasteiger partial charge in [-0.1, -0.05) is 24.3 Å². The fourth-order valence-electron chi connectivity index (χ4n) is 3.76. The lowest BCUT2D eigenvalue weighted by molar-refractivity contribution is -0.132. The van der Waals surface area contributed by atoms with Crippen LogP contribution < -0.4 is 5.32 Å². The third-order valence-corrected chi connectivity index (χ3v) is 5.44. The van der Waals surface area contributed by atoms with Crippen molar-refractivity contribution in [2.45, 2.75) is 44.2 Å². The number of hydrogen-bond acceptors (Lipinski definition) is 4. The van der Waals surface area contributed by atoms with E-state index in [1.54, 1.807) is 0 Å². The van der Waals surface area contributed by atoms with Crippen molar-refractivity contribution in [1.29, 1.82) is 5.26 Å².